The topological polar surface area (TPSA) is 44.4 Å². The van der Waals surface area contributed by atoms with Gasteiger partial charge >= 0.3 is 6.03 Å². The Hall–Kier alpha value is -1.30. The van der Waals surface area contributed by atoms with E-state index in [2.05, 4.69) is 40.4 Å². The fourth-order valence-electron chi connectivity index (χ4n) is 1.99. The highest BCUT2D eigenvalue weighted by Crippen LogP contribution is 2.33. The Morgan fingerprint density at radius 3 is 2.60 bits per heavy atom. The van der Waals surface area contributed by atoms with Crippen LogP contribution in [0.4, 0.5) is 20.6 Å². The zero-order valence-electron chi connectivity index (χ0n) is 12.3. The summed E-state index contributed by atoms with van der Waals surface area (Å²) in [4.78, 5) is 13.4. The van der Waals surface area contributed by atoms with Gasteiger partial charge in [0.15, 0.2) is 0 Å². The first-order chi connectivity index (χ1) is 9.38. The first-order valence-corrected chi connectivity index (χ1v) is 7.41. The second-order valence-electron chi connectivity index (χ2n) is 4.92. The molecule has 112 valence electrons. The van der Waals surface area contributed by atoms with E-state index in [1.807, 2.05) is 11.8 Å². The summed E-state index contributed by atoms with van der Waals surface area (Å²) in [6, 6.07) is 2.74. The van der Waals surface area contributed by atoms with Gasteiger partial charge in [0.25, 0.3) is 0 Å². The zero-order chi connectivity index (χ0) is 15.3. The highest BCUT2D eigenvalue weighted by Gasteiger charge is 2.18. The number of benzene rings is 1. The van der Waals surface area contributed by atoms with E-state index < -0.39 is 0 Å². The van der Waals surface area contributed by atoms with Crippen molar-refractivity contribution < 1.29 is 9.18 Å². The van der Waals surface area contributed by atoms with Crippen LogP contribution in [0.3, 0.4) is 0 Å². The Balaban J connectivity index is 3.23. The molecule has 1 aromatic rings. The molecule has 1 aromatic carbocycles. The Labute approximate surface area is 127 Å². The quantitative estimate of drug-likeness (QED) is 0.851. The van der Waals surface area contributed by atoms with E-state index in [9.17, 15) is 9.18 Å². The van der Waals surface area contributed by atoms with Crippen molar-refractivity contribution in [2.75, 3.05) is 30.4 Å². The van der Waals surface area contributed by atoms with Crippen molar-refractivity contribution in [3.05, 3.63) is 22.4 Å². The molecular weight excluding hydrogens is 325 g/mol. The van der Waals surface area contributed by atoms with Gasteiger partial charge in [-0.05, 0) is 25.0 Å². The Morgan fingerprint density at radius 1 is 1.45 bits per heavy atom. The molecule has 4 nitrogen and oxygen atoms in total. The molecule has 0 aliphatic heterocycles. The lowest BCUT2D eigenvalue weighted by molar-refractivity contribution is 0.254. The van der Waals surface area contributed by atoms with Gasteiger partial charge in [0, 0.05) is 24.6 Å². The smallest absolute Gasteiger partial charge is 0.319 e. The number of nitrogens with one attached hydrogen (secondary N) is 2. The number of anilines is 2. The molecule has 0 saturated carbocycles. The predicted molar refractivity (Wildman–Crippen MR) is 84.9 cm³/mol. The van der Waals surface area contributed by atoms with Crippen LogP contribution < -0.4 is 15.5 Å². The van der Waals surface area contributed by atoms with Gasteiger partial charge in [-0.3, -0.25) is 0 Å². The molecule has 0 spiro atoms. The van der Waals surface area contributed by atoms with Crippen molar-refractivity contribution >= 4 is 33.3 Å². The largest absolute Gasteiger partial charge is 0.368 e. The summed E-state index contributed by atoms with van der Waals surface area (Å²) in [5, 5.41) is 5.14. The average Bonchev–Trinajstić information content (AvgIpc) is 2.35. The number of hydrogen-bond donors (Lipinski definition) is 2. The summed E-state index contributed by atoms with van der Waals surface area (Å²) in [5.74, 6) is 0.0409. The van der Waals surface area contributed by atoms with Crippen LogP contribution in [-0.2, 0) is 0 Å². The van der Waals surface area contributed by atoms with Gasteiger partial charge in [-0.2, -0.15) is 0 Å². The predicted octanol–water partition coefficient (Wildman–Crippen LogP) is 3.82. The molecule has 0 atom stereocenters. The highest BCUT2D eigenvalue weighted by molar-refractivity contribution is 9.10. The number of amides is 2. The minimum Gasteiger partial charge on any atom is -0.368 e. The zero-order valence-corrected chi connectivity index (χ0v) is 13.8. The minimum absolute atomic E-state index is 0.353. The molecule has 20 heavy (non-hydrogen) atoms. The van der Waals surface area contributed by atoms with Gasteiger partial charge in [0.1, 0.15) is 5.82 Å². The van der Waals surface area contributed by atoms with Crippen molar-refractivity contribution in [1.82, 2.24) is 5.32 Å². The molecule has 6 heteroatoms. The van der Waals surface area contributed by atoms with Gasteiger partial charge in [-0.15, -0.1) is 0 Å². The average molecular weight is 346 g/mol. The van der Waals surface area contributed by atoms with Crippen molar-refractivity contribution in [3.63, 3.8) is 0 Å². The monoisotopic (exact) mass is 345 g/mol. The third-order valence-electron chi connectivity index (χ3n) is 2.79. The number of urea groups is 1. The Kier molecular flexibility index (Phi) is 6.26. The molecule has 0 aliphatic carbocycles. The summed E-state index contributed by atoms with van der Waals surface area (Å²) in [6.07, 6.45) is 0. The molecule has 0 fully saturated rings. The summed E-state index contributed by atoms with van der Waals surface area (Å²) in [5.41, 5.74) is 0.881. The maximum absolute atomic E-state index is 14.3. The van der Waals surface area contributed by atoms with Crippen molar-refractivity contribution in [3.8, 4) is 0 Å². The van der Waals surface area contributed by atoms with E-state index in [1.165, 1.54) is 13.1 Å². The van der Waals surface area contributed by atoms with Crippen LogP contribution in [0.2, 0.25) is 0 Å². The Bertz CT molecular complexity index is 480. The molecule has 0 radical (unpaired) electrons. The van der Waals surface area contributed by atoms with Crippen LogP contribution in [0.25, 0.3) is 0 Å². The number of carbonyl (C=O) groups is 1. The minimum atomic E-state index is -0.371. The van der Waals surface area contributed by atoms with Crippen LogP contribution in [0, 0.1) is 11.7 Å². The van der Waals surface area contributed by atoms with Crippen LogP contribution in [0.5, 0.6) is 0 Å². The molecule has 0 aliphatic rings. The number of halogens is 2. The lowest BCUT2D eigenvalue weighted by Crippen LogP contribution is -2.31. The maximum atomic E-state index is 14.3. The van der Waals surface area contributed by atoms with Crippen molar-refractivity contribution in [2.45, 2.75) is 20.8 Å². The number of carbonyl (C=O) groups excluding carboxylic acids is 1. The van der Waals surface area contributed by atoms with Gasteiger partial charge in [-0.1, -0.05) is 29.8 Å². The number of hydrogen-bond acceptors (Lipinski definition) is 2. The van der Waals surface area contributed by atoms with Crippen LogP contribution in [-0.4, -0.2) is 26.2 Å². The summed E-state index contributed by atoms with van der Waals surface area (Å²) < 4.78 is 14.9. The molecule has 2 amide bonds. The lowest BCUT2D eigenvalue weighted by Gasteiger charge is -2.28. The second-order valence-corrected chi connectivity index (χ2v) is 5.84. The summed E-state index contributed by atoms with van der Waals surface area (Å²) >= 11 is 3.25. The fourth-order valence-corrected chi connectivity index (χ4v) is 2.42. The van der Waals surface area contributed by atoms with E-state index in [4.69, 9.17) is 0 Å². The SMILES string of the molecule is CCN(CC(C)C)c1c(F)cc(Br)cc1NC(=O)NC. The molecule has 2 N–H and O–H groups in total. The van der Waals surface area contributed by atoms with Crippen LogP contribution in [0.15, 0.2) is 16.6 Å². The maximum Gasteiger partial charge on any atom is 0.319 e. The third kappa shape index (κ3) is 4.37. The number of rotatable bonds is 5. The van der Waals surface area contributed by atoms with Gasteiger partial charge in [0.05, 0.1) is 11.4 Å². The molecule has 0 bridgehead atoms. The van der Waals surface area contributed by atoms with Crippen LogP contribution in [0.1, 0.15) is 20.8 Å². The molecule has 0 aromatic heterocycles. The van der Waals surface area contributed by atoms with E-state index in [0.29, 0.717) is 28.3 Å². The van der Waals surface area contributed by atoms with Gasteiger partial charge in [0.2, 0.25) is 0 Å². The van der Waals surface area contributed by atoms with E-state index in [-0.39, 0.29) is 11.8 Å². The molecule has 1 rings (SSSR count). The van der Waals surface area contributed by atoms with Crippen LogP contribution >= 0.6 is 15.9 Å². The van der Waals surface area contributed by atoms with E-state index in [0.717, 1.165) is 6.54 Å². The summed E-state index contributed by atoms with van der Waals surface area (Å²) in [6.45, 7) is 7.50. The van der Waals surface area contributed by atoms with E-state index in [1.54, 1.807) is 6.07 Å². The lowest BCUT2D eigenvalue weighted by atomic mass is 10.1. The molecular formula is C14H21BrFN3O. The normalized spacial score (nSPS) is 10.6. The highest BCUT2D eigenvalue weighted by atomic mass is 79.9. The summed E-state index contributed by atoms with van der Waals surface area (Å²) in [7, 11) is 1.52. The van der Waals surface area contributed by atoms with Gasteiger partial charge in [-0.25, -0.2) is 9.18 Å². The first-order valence-electron chi connectivity index (χ1n) is 6.61. The standard InChI is InChI=1S/C14H21BrFN3O/c1-5-19(8-9(2)3)13-11(16)6-10(15)7-12(13)18-14(20)17-4/h6-7,9H,5,8H2,1-4H3,(H2,17,18,20). The van der Waals surface area contributed by atoms with E-state index >= 15 is 0 Å². The molecule has 0 unspecified atom stereocenters. The number of nitrogens with zero attached hydrogens (tertiary/aromatic N) is 1. The van der Waals surface area contributed by atoms with Crippen molar-refractivity contribution in [1.29, 1.82) is 0 Å². The Morgan fingerprint density at radius 2 is 2.10 bits per heavy atom. The third-order valence-corrected chi connectivity index (χ3v) is 3.24. The fraction of sp³-hybridized carbons (Fsp3) is 0.500. The van der Waals surface area contributed by atoms with Gasteiger partial charge < -0.3 is 15.5 Å². The second kappa shape index (κ2) is 7.47. The molecule has 0 heterocycles. The molecule has 0 saturated heterocycles. The first kappa shape index (κ1) is 16.8. The van der Waals surface area contributed by atoms with Crippen molar-refractivity contribution in [2.24, 2.45) is 5.92 Å².